The highest BCUT2D eigenvalue weighted by Crippen LogP contribution is 2.09. The smallest absolute Gasteiger partial charge is 0.252 e. The van der Waals surface area contributed by atoms with Crippen molar-refractivity contribution in [3.63, 3.8) is 0 Å². The van der Waals surface area contributed by atoms with Crippen LogP contribution < -0.4 is 5.32 Å². The summed E-state index contributed by atoms with van der Waals surface area (Å²) < 4.78 is 0. The lowest BCUT2D eigenvalue weighted by molar-refractivity contribution is 0.0951. The van der Waals surface area contributed by atoms with Gasteiger partial charge in [0.05, 0.1) is 0 Å². The third-order valence-electron chi connectivity index (χ3n) is 2.38. The van der Waals surface area contributed by atoms with E-state index in [4.69, 9.17) is 11.6 Å². The minimum atomic E-state index is -0.0393. The minimum absolute atomic E-state index is 0.0393. The van der Waals surface area contributed by atoms with Crippen molar-refractivity contribution in [3.8, 4) is 0 Å². The summed E-state index contributed by atoms with van der Waals surface area (Å²) in [5.41, 5.74) is 2.84. The maximum absolute atomic E-state index is 11.7. The van der Waals surface area contributed by atoms with Crippen LogP contribution in [0.1, 0.15) is 21.5 Å². The summed E-state index contributed by atoms with van der Waals surface area (Å²) in [4.78, 5) is 11.7. The fourth-order valence-corrected chi connectivity index (χ4v) is 2.30. The molecule has 0 spiro atoms. The Kier molecular flexibility index (Phi) is 4.18. The molecule has 0 saturated carbocycles. The Balaban J connectivity index is 1.95. The first-order valence-corrected chi connectivity index (χ1v) is 6.71. The first-order chi connectivity index (χ1) is 8.29. The van der Waals surface area contributed by atoms with Crippen LogP contribution in [0.25, 0.3) is 0 Å². The van der Waals surface area contributed by atoms with Crippen LogP contribution in [0.2, 0.25) is 0 Å². The van der Waals surface area contributed by atoms with Crippen LogP contribution in [0.5, 0.6) is 0 Å². The number of benzene rings is 1. The van der Waals surface area contributed by atoms with Crippen molar-refractivity contribution in [3.05, 3.63) is 57.8 Å². The summed E-state index contributed by atoms with van der Waals surface area (Å²) in [6, 6.07) is 9.71. The highest BCUT2D eigenvalue weighted by atomic mass is 35.5. The molecular formula is C13H12ClNOS. The van der Waals surface area contributed by atoms with Gasteiger partial charge in [0.15, 0.2) is 0 Å². The van der Waals surface area contributed by atoms with Gasteiger partial charge < -0.3 is 5.32 Å². The molecule has 88 valence electrons. The van der Waals surface area contributed by atoms with Crippen LogP contribution in [0.3, 0.4) is 0 Å². The van der Waals surface area contributed by atoms with Crippen molar-refractivity contribution >= 4 is 28.8 Å². The molecule has 0 bridgehead atoms. The molecular weight excluding hydrogens is 254 g/mol. The quantitative estimate of drug-likeness (QED) is 0.844. The Morgan fingerprint density at radius 1 is 1.29 bits per heavy atom. The van der Waals surface area contributed by atoms with Gasteiger partial charge >= 0.3 is 0 Å². The van der Waals surface area contributed by atoms with E-state index >= 15 is 0 Å². The number of halogens is 1. The number of rotatable bonds is 4. The van der Waals surface area contributed by atoms with Gasteiger partial charge in [-0.25, -0.2) is 0 Å². The molecule has 2 rings (SSSR count). The zero-order chi connectivity index (χ0) is 12.1. The molecule has 1 amide bonds. The van der Waals surface area contributed by atoms with E-state index in [-0.39, 0.29) is 5.91 Å². The standard InChI is InChI=1S/C13H12ClNOS/c14-7-10-2-1-3-11(6-10)8-15-13(16)12-4-5-17-9-12/h1-6,9H,7-8H2,(H,15,16). The van der Waals surface area contributed by atoms with Crippen LogP contribution in [0.4, 0.5) is 0 Å². The van der Waals surface area contributed by atoms with E-state index in [1.807, 2.05) is 41.1 Å². The van der Waals surface area contributed by atoms with Gasteiger partial charge in [0, 0.05) is 23.4 Å². The van der Waals surface area contributed by atoms with Gasteiger partial charge in [0.25, 0.3) is 5.91 Å². The van der Waals surface area contributed by atoms with Gasteiger partial charge in [0.2, 0.25) is 0 Å². The number of hydrogen-bond acceptors (Lipinski definition) is 2. The Hall–Kier alpha value is -1.32. The van der Waals surface area contributed by atoms with Crippen LogP contribution >= 0.6 is 22.9 Å². The molecule has 0 unspecified atom stereocenters. The van der Waals surface area contributed by atoms with Gasteiger partial charge in [-0.2, -0.15) is 11.3 Å². The SMILES string of the molecule is O=C(NCc1cccc(CCl)c1)c1ccsc1. The molecule has 0 radical (unpaired) electrons. The summed E-state index contributed by atoms with van der Waals surface area (Å²) >= 11 is 7.27. The van der Waals surface area contributed by atoms with Crippen LogP contribution in [0.15, 0.2) is 41.1 Å². The fourth-order valence-electron chi connectivity index (χ4n) is 1.50. The largest absolute Gasteiger partial charge is 0.348 e. The summed E-state index contributed by atoms with van der Waals surface area (Å²) in [7, 11) is 0. The molecule has 2 nitrogen and oxygen atoms in total. The second kappa shape index (κ2) is 5.84. The minimum Gasteiger partial charge on any atom is -0.348 e. The number of carbonyl (C=O) groups is 1. The lowest BCUT2D eigenvalue weighted by Crippen LogP contribution is -2.22. The molecule has 1 aromatic carbocycles. The van der Waals surface area contributed by atoms with Crippen molar-refractivity contribution < 1.29 is 4.79 Å². The Morgan fingerprint density at radius 3 is 2.82 bits per heavy atom. The molecule has 1 N–H and O–H groups in total. The number of alkyl halides is 1. The molecule has 0 aliphatic rings. The van der Waals surface area contributed by atoms with E-state index < -0.39 is 0 Å². The normalized spacial score (nSPS) is 10.2. The fraction of sp³-hybridized carbons (Fsp3) is 0.154. The number of amides is 1. The van der Waals surface area contributed by atoms with E-state index in [1.165, 1.54) is 11.3 Å². The van der Waals surface area contributed by atoms with Gasteiger partial charge in [-0.3, -0.25) is 4.79 Å². The monoisotopic (exact) mass is 265 g/mol. The molecule has 0 aliphatic heterocycles. The molecule has 2 aromatic rings. The second-order valence-electron chi connectivity index (χ2n) is 3.65. The molecule has 1 heterocycles. The summed E-state index contributed by atoms with van der Waals surface area (Å²) in [6.07, 6.45) is 0. The van der Waals surface area contributed by atoms with Crippen molar-refractivity contribution in [2.75, 3.05) is 0 Å². The zero-order valence-corrected chi connectivity index (χ0v) is 10.7. The summed E-state index contributed by atoms with van der Waals surface area (Å²) in [5, 5.41) is 6.61. The van der Waals surface area contributed by atoms with E-state index in [1.54, 1.807) is 0 Å². The molecule has 0 aliphatic carbocycles. The van der Waals surface area contributed by atoms with E-state index in [0.29, 0.717) is 18.0 Å². The van der Waals surface area contributed by atoms with Crippen LogP contribution in [-0.4, -0.2) is 5.91 Å². The molecule has 0 fully saturated rings. The Labute approximate surface area is 109 Å². The van der Waals surface area contributed by atoms with Crippen molar-refractivity contribution in [1.29, 1.82) is 0 Å². The lowest BCUT2D eigenvalue weighted by atomic mass is 10.1. The predicted molar refractivity (Wildman–Crippen MR) is 71.5 cm³/mol. The van der Waals surface area contributed by atoms with E-state index in [2.05, 4.69) is 5.32 Å². The molecule has 0 saturated heterocycles. The summed E-state index contributed by atoms with van der Waals surface area (Å²) in [6.45, 7) is 0.527. The van der Waals surface area contributed by atoms with E-state index in [0.717, 1.165) is 11.1 Å². The number of thiophene rings is 1. The number of nitrogens with one attached hydrogen (secondary N) is 1. The van der Waals surface area contributed by atoms with Gasteiger partial charge in [-0.05, 0) is 22.6 Å². The maximum atomic E-state index is 11.7. The van der Waals surface area contributed by atoms with Crippen LogP contribution in [0, 0.1) is 0 Å². The maximum Gasteiger partial charge on any atom is 0.252 e. The van der Waals surface area contributed by atoms with Crippen molar-refractivity contribution in [2.45, 2.75) is 12.4 Å². The second-order valence-corrected chi connectivity index (χ2v) is 4.70. The zero-order valence-electron chi connectivity index (χ0n) is 9.15. The molecule has 0 atom stereocenters. The van der Waals surface area contributed by atoms with Crippen molar-refractivity contribution in [2.24, 2.45) is 0 Å². The molecule has 17 heavy (non-hydrogen) atoms. The highest BCUT2D eigenvalue weighted by molar-refractivity contribution is 7.08. The number of hydrogen-bond donors (Lipinski definition) is 1. The summed E-state index contributed by atoms with van der Waals surface area (Å²) in [5.74, 6) is 0.453. The Morgan fingerprint density at radius 2 is 2.12 bits per heavy atom. The topological polar surface area (TPSA) is 29.1 Å². The molecule has 1 aromatic heterocycles. The number of carbonyl (C=O) groups excluding carboxylic acids is 1. The highest BCUT2D eigenvalue weighted by Gasteiger charge is 2.04. The van der Waals surface area contributed by atoms with Crippen molar-refractivity contribution in [1.82, 2.24) is 5.32 Å². The Bertz CT molecular complexity index is 496. The first-order valence-electron chi connectivity index (χ1n) is 5.24. The average molecular weight is 266 g/mol. The van der Waals surface area contributed by atoms with E-state index in [9.17, 15) is 4.79 Å². The van der Waals surface area contributed by atoms with Gasteiger partial charge in [0.1, 0.15) is 0 Å². The van der Waals surface area contributed by atoms with Gasteiger partial charge in [-0.1, -0.05) is 24.3 Å². The predicted octanol–water partition coefficient (Wildman–Crippen LogP) is 3.42. The molecule has 4 heteroatoms. The third-order valence-corrected chi connectivity index (χ3v) is 3.37. The first kappa shape index (κ1) is 12.1. The average Bonchev–Trinajstić information content (AvgIpc) is 2.90. The third kappa shape index (κ3) is 3.32. The lowest BCUT2D eigenvalue weighted by Gasteiger charge is -2.05. The van der Waals surface area contributed by atoms with Gasteiger partial charge in [-0.15, -0.1) is 11.6 Å². The van der Waals surface area contributed by atoms with Crippen LogP contribution in [-0.2, 0) is 12.4 Å².